The smallest absolute Gasteiger partial charge is 0.191 e. The van der Waals surface area contributed by atoms with Crippen molar-refractivity contribution < 1.29 is 8.78 Å². The standard InChI is InChI=1S/C16H24F2N4.HI/c1-3-8-20-16(19-4-2)21-13-7-9-22(11-13)15-6-5-12(17)10-14(15)18;/h5-6,10,13H,3-4,7-9,11H2,1-2H3,(H2,19,20,21);1H. The number of hydrogen-bond acceptors (Lipinski definition) is 2. The summed E-state index contributed by atoms with van der Waals surface area (Å²) in [7, 11) is 0. The molecule has 1 aromatic rings. The summed E-state index contributed by atoms with van der Waals surface area (Å²) in [5, 5.41) is 6.60. The lowest BCUT2D eigenvalue weighted by atomic mass is 10.2. The number of anilines is 1. The van der Waals surface area contributed by atoms with Gasteiger partial charge in [0.1, 0.15) is 11.6 Å². The van der Waals surface area contributed by atoms with Gasteiger partial charge < -0.3 is 15.5 Å². The van der Waals surface area contributed by atoms with Crippen LogP contribution in [0.2, 0.25) is 0 Å². The van der Waals surface area contributed by atoms with Crippen LogP contribution in [-0.4, -0.2) is 38.2 Å². The van der Waals surface area contributed by atoms with E-state index < -0.39 is 11.6 Å². The Labute approximate surface area is 153 Å². The predicted molar refractivity (Wildman–Crippen MR) is 102 cm³/mol. The highest BCUT2D eigenvalue weighted by Gasteiger charge is 2.25. The van der Waals surface area contributed by atoms with Crippen LogP contribution in [0.15, 0.2) is 23.2 Å². The average Bonchev–Trinajstić information content (AvgIpc) is 2.93. The summed E-state index contributed by atoms with van der Waals surface area (Å²) >= 11 is 0. The molecule has 0 radical (unpaired) electrons. The minimum Gasteiger partial charge on any atom is -0.367 e. The molecule has 1 heterocycles. The second kappa shape index (κ2) is 9.89. The van der Waals surface area contributed by atoms with Crippen LogP contribution in [-0.2, 0) is 0 Å². The van der Waals surface area contributed by atoms with Gasteiger partial charge in [0.25, 0.3) is 0 Å². The van der Waals surface area contributed by atoms with E-state index in [4.69, 9.17) is 0 Å². The van der Waals surface area contributed by atoms with E-state index in [0.717, 1.165) is 44.5 Å². The lowest BCUT2D eigenvalue weighted by Crippen LogP contribution is -2.44. The molecule has 1 aliphatic heterocycles. The summed E-state index contributed by atoms with van der Waals surface area (Å²) in [5.74, 6) is -0.251. The molecule has 0 aromatic heterocycles. The Balaban J connectivity index is 0.00000264. The molecule has 2 N–H and O–H groups in total. The molecule has 23 heavy (non-hydrogen) atoms. The third kappa shape index (κ3) is 5.78. The highest BCUT2D eigenvalue weighted by molar-refractivity contribution is 14.0. The molecule has 1 fully saturated rings. The van der Waals surface area contributed by atoms with Gasteiger partial charge in [0.15, 0.2) is 5.96 Å². The maximum Gasteiger partial charge on any atom is 0.191 e. The maximum atomic E-state index is 13.8. The number of hydrogen-bond donors (Lipinski definition) is 2. The zero-order valence-corrected chi connectivity index (χ0v) is 15.9. The first kappa shape index (κ1) is 19.9. The van der Waals surface area contributed by atoms with Gasteiger partial charge in [-0.3, -0.25) is 4.99 Å². The molecule has 0 aliphatic carbocycles. The van der Waals surface area contributed by atoms with Gasteiger partial charge in [-0.2, -0.15) is 0 Å². The Morgan fingerprint density at radius 1 is 1.35 bits per heavy atom. The fourth-order valence-electron chi connectivity index (χ4n) is 2.57. The Morgan fingerprint density at radius 2 is 2.13 bits per heavy atom. The topological polar surface area (TPSA) is 39.7 Å². The van der Waals surface area contributed by atoms with Crippen molar-refractivity contribution in [2.45, 2.75) is 32.7 Å². The normalized spacial score (nSPS) is 17.8. The molecule has 0 bridgehead atoms. The molecule has 0 saturated carbocycles. The van der Waals surface area contributed by atoms with Crippen molar-refractivity contribution in [3.63, 3.8) is 0 Å². The zero-order valence-electron chi connectivity index (χ0n) is 13.6. The molecule has 130 valence electrons. The van der Waals surface area contributed by atoms with Gasteiger partial charge in [0.2, 0.25) is 0 Å². The number of rotatable bonds is 5. The fourth-order valence-corrected chi connectivity index (χ4v) is 2.57. The molecule has 4 nitrogen and oxygen atoms in total. The van der Waals surface area contributed by atoms with Crippen LogP contribution in [0.4, 0.5) is 14.5 Å². The molecular weight excluding hydrogens is 413 g/mol. The van der Waals surface area contributed by atoms with Crippen LogP contribution in [0.5, 0.6) is 0 Å². The molecular formula is C16H25F2IN4. The number of halogens is 3. The van der Waals surface area contributed by atoms with Gasteiger partial charge in [0, 0.05) is 38.3 Å². The Morgan fingerprint density at radius 3 is 2.78 bits per heavy atom. The van der Waals surface area contributed by atoms with E-state index in [2.05, 4.69) is 22.5 Å². The summed E-state index contributed by atoms with van der Waals surface area (Å²) in [6.07, 6.45) is 1.89. The van der Waals surface area contributed by atoms with Crippen LogP contribution in [0, 0.1) is 11.6 Å². The monoisotopic (exact) mass is 438 g/mol. The van der Waals surface area contributed by atoms with Crippen molar-refractivity contribution >= 4 is 35.6 Å². The van der Waals surface area contributed by atoms with E-state index in [0.29, 0.717) is 12.2 Å². The van der Waals surface area contributed by atoms with Gasteiger partial charge in [-0.05, 0) is 31.9 Å². The molecule has 1 saturated heterocycles. The van der Waals surface area contributed by atoms with Crippen molar-refractivity contribution in [2.75, 3.05) is 31.1 Å². The largest absolute Gasteiger partial charge is 0.367 e. The van der Waals surface area contributed by atoms with Crippen LogP contribution >= 0.6 is 24.0 Å². The van der Waals surface area contributed by atoms with Crippen molar-refractivity contribution in [1.29, 1.82) is 0 Å². The van der Waals surface area contributed by atoms with E-state index >= 15 is 0 Å². The first-order valence-electron chi connectivity index (χ1n) is 7.88. The SMILES string of the molecule is CCCN=C(NCC)NC1CCN(c2ccc(F)cc2F)C1.I. The zero-order chi connectivity index (χ0) is 15.9. The molecule has 1 atom stereocenters. The lowest BCUT2D eigenvalue weighted by molar-refractivity contribution is 0.580. The van der Waals surface area contributed by atoms with Gasteiger partial charge in [-0.15, -0.1) is 24.0 Å². The third-order valence-corrected chi connectivity index (χ3v) is 3.62. The molecule has 1 aromatic carbocycles. The number of nitrogens with zero attached hydrogens (tertiary/aromatic N) is 2. The Bertz CT molecular complexity index is 525. The van der Waals surface area contributed by atoms with Crippen LogP contribution in [0.1, 0.15) is 26.7 Å². The molecule has 1 unspecified atom stereocenters. The molecule has 0 spiro atoms. The number of aliphatic imine (C=N–C) groups is 1. The highest BCUT2D eigenvalue weighted by Crippen LogP contribution is 2.24. The van der Waals surface area contributed by atoms with Gasteiger partial charge in [0.05, 0.1) is 5.69 Å². The fraction of sp³-hybridized carbons (Fsp3) is 0.562. The quantitative estimate of drug-likeness (QED) is 0.422. The van der Waals surface area contributed by atoms with E-state index in [1.165, 1.54) is 12.1 Å². The summed E-state index contributed by atoms with van der Waals surface area (Å²) in [5.41, 5.74) is 0.459. The average molecular weight is 438 g/mol. The first-order valence-corrected chi connectivity index (χ1v) is 7.88. The number of nitrogens with one attached hydrogen (secondary N) is 2. The third-order valence-electron chi connectivity index (χ3n) is 3.62. The second-order valence-electron chi connectivity index (χ2n) is 5.43. The van der Waals surface area contributed by atoms with Crippen molar-refractivity contribution in [1.82, 2.24) is 10.6 Å². The van der Waals surface area contributed by atoms with Gasteiger partial charge >= 0.3 is 0 Å². The van der Waals surface area contributed by atoms with E-state index in [1.807, 2.05) is 11.8 Å². The minimum absolute atomic E-state index is 0. The molecule has 2 rings (SSSR count). The maximum absolute atomic E-state index is 13.8. The summed E-state index contributed by atoms with van der Waals surface area (Å²) < 4.78 is 26.8. The first-order chi connectivity index (χ1) is 10.6. The van der Waals surface area contributed by atoms with Crippen molar-refractivity contribution in [2.24, 2.45) is 4.99 Å². The summed E-state index contributed by atoms with van der Waals surface area (Å²) in [4.78, 5) is 6.41. The van der Waals surface area contributed by atoms with Crippen LogP contribution < -0.4 is 15.5 Å². The second-order valence-corrected chi connectivity index (χ2v) is 5.43. The van der Waals surface area contributed by atoms with Crippen molar-refractivity contribution in [3.8, 4) is 0 Å². The molecule has 1 aliphatic rings. The Hall–Kier alpha value is -1.12. The molecule has 0 amide bonds. The van der Waals surface area contributed by atoms with Gasteiger partial charge in [-0.1, -0.05) is 6.92 Å². The Kier molecular flexibility index (Phi) is 8.57. The number of guanidine groups is 1. The van der Waals surface area contributed by atoms with Crippen molar-refractivity contribution in [3.05, 3.63) is 29.8 Å². The van der Waals surface area contributed by atoms with E-state index in [1.54, 1.807) is 0 Å². The van der Waals surface area contributed by atoms with E-state index in [-0.39, 0.29) is 30.0 Å². The van der Waals surface area contributed by atoms with E-state index in [9.17, 15) is 8.78 Å². The lowest BCUT2D eigenvalue weighted by Gasteiger charge is -2.21. The highest BCUT2D eigenvalue weighted by atomic mass is 127. The van der Waals surface area contributed by atoms with Crippen LogP contribution in [0.3, 0.4) is 0 Å². The van der Waals surface area contributed by atoms with Gasteiger partial charge in [-0.25, -0.2) is 8.78 Å². The summed E-state index contributed by atoms with van der Waals surface area (Å²) in [6, 6.07) is 3.94. The summed E-state index contributed by atoms with van der Waals surface area (Å²) in [6.45, 7) is 7.11. The predicted octanol–water partition coefficient (Wildman–Crippen LogP) is 3.13. The molecule has 7 heteroatoms. The number of benzene rings is 1. The minimum atomic E-state index is -0.545. The van der Waals surface area contributed by atoms with Crippen LogP contribution in [0.25, 0.3) is 0 Å².